The molecule has 1 aliphatic rings. The van der Waals surface area contributed by atoms with E-state index in [2.05, 4.69) is 34.8 Å². The van der Waals surface area contributed by atoms with Crippen LogP contribution in [0.5, 0.6) is 5.75 Å². The molecule has 1 aromatic carbocycles. The van der Waals surface area contributed by atoms with Crippen molar-refractivity contribution < 1.29 is 9.53 Å². The van der Waals surface area contributed by atoms with Crippen molar-refractivity contribution in [3.63, 3.8) is 0 Å². The second-order valence-electron chi connectivity index (χ2n) is 6.86. The molecule has 2 amide bonds. The number of fused-ring (bicyclic) bond motifs is 1. The Hall–Kier alpha value is -2.50. The van der Waals surface area contributed by atoms with E-state index in [4.69, 9.17) is 4.74 Å². The summed E-state index contributed by atoms with van der Waals surface area (Å²) in [5.74, 6) is 1.23. The first-order valence-electron chi connectivity index (χ1n) is 8.78. The number of aryl methyl sites for hydroxylation is 2. The van der Waals surface area contributed by atoms with Crippen molar-refractivity contribution in [2.45, 2.75) is 39.8 Å². The van der Waals surface area contributed by atoms with Crippen molar-refractivity contribution in [1.82, 2.24) is 20.4 Å². The molecule has 0 saturated carbocycles. The Morgan fingerprint density at radius 2 is 2.16 bits per heavy atom. The smallest absolute Gasteiger partial charge is 0.314 e. The Balaban J connectivity index is 1.36. The molecule has 0 fully saturated rings. The average molecular weight is 342 g/mol. The van der Waals surface area contributed by atoms with Gasteiger partial charge in [0.2, 0.25) is 0 Å². The highest BCUT2D eigenvalue weighted by Crippen LogP contribution is 2.27. The Bertz CT molecular complexity index is 716. The van der Waals surface area contributed by atoms with E-state index in [-0.39, 0.29) is 12.1 Å². The zero-order valence-electron chi connectivity index (χ0n) is 15.1. The summed E-state index contributed by atoms with van der Waals surface area (Å²) in [4.78, 5) is 12.0. The molecule has 3 rings (SSSR count). The summed E-state index contributed by atoms with van der Waals surface area (Å²) in [5, 5.41) is 10.3. The Morgan fingerprint density at radius 1 is 1.36 bits per heavy atom. The van der Waals surface area contributed by atoms with Crippen molar-refractivity contribution in [3.8, 4) is 5.75 Å². The summed E-state index contributed by atoms with van der Waals surface area (Å²) >= 11 is 0. The molecule has 0 bridgehead atoms. The van der Waals surface area contributed by atoms with Gasteiger partial charge in [-0.1, -0.05) is 25.1 Å². The maximum absolute atomic E-state index is 12.0. The minimum atomic E-state index is -0.153. The quantitative estimate of drug-likeness (QED) is 0.847. The zero-order valence-corrected chi connectivity index (χ0v) is 15.1. The normalized spacial score (nSPS) is 16.8. The van der Waals surface area contributed by atoms with Gasteiger partial charge in [-0.2, -0.15) is 5.10 Å². The van der Waals surface area contributed by atoms with Gasteiger partial charge in [0.25, 0.3) is 0 Å². The number of para-hydroxylation sites is 1. The number of amides is 2. The third-order valence-corrected chi connectivity index (χ3v) is 4.40. The molecule has 0 radical (unpaired) electrons. The first-order valence-corrected chi connectivity index (χ1v) is 8.78. The molecule has 0 saturated heterocycles. The lowest BCUT2D eigenvalue weighted by atomic mass is 10.1. The topological polar surface area (TPSA) is 68.2 Å². The lowest BCUT2D eigenvalue weighted by Crippen LogP contribution is -2.42. The van der Waals surface area contributed by atoms with Crippen LogP contribution in [0.25, 0.3) is 0 Å². The number of hydrogen-bond donors (Lipinski definition) is 2. The average Bonchev–Trinajstić information content (AvgIpc) is 3.13. The van der Waals surface area contributed by atoms with Gasteiger partial charge >= 0.3 is 6.03 Å². The van der Waals surface area contributed by atoms with E-state index in [0.717, 1.165) is 30.1 Å². The third kappa shape index (κ3) is 4.53. The Labute approximate surface area is 148 Å². The Kier molecular flexibility index (Phi) is 5.26. The number of nitrogens with zero attached hydrogens (tertiary/aromatic N) is 2. The van der Waals surface area contributed by atoms with Gasteiger partial charge in [-0.3, -0.25) is 4.68 Å². The van der Waals surface area contributed by atoms with Crippen LogP contribution >= 0.6 is 0 Å². The molecule has 2 unspecified atom stereocenters. The maximum atomic E-state index is 12.0. The number of carbonyl (C=O) groups excluding carboxylic acids is 1. The molecule has 25 heavy (non-hydrogen) atoms. The van der Waals surface area contributed by atoms with Crippen molar-refractivity contribution in [2.24, 2.45) is 5.92 Å². The van der Waals surface area contributed by atoms with Crippen molar-refractivity contribution in [2.75, 3.05) is 13.1 Å². The zero-order chi connectivity index (χ0) is 17.8. The van der Waals surface area contributed by atoms with Crippen LogP contribution in [0, 0.1) is 19.8 Å². The summed E-state index contributed by atoms with van der Waals surface area (Å²) in [7, 11) is 0. The fourth-order valence-electron chi connectivity index (χ4n) is 3.12. The molecular formula is C19H26N4O2. The summed E-state index contributed by atoms with van der Waals surface area (Å²) in [6, 6.07) is 9.92. The molecule has 2 aromatic rings. The minimum absolute atomic E-state index is 0.00951. The molecule has 1 aromatic heterocycles. The lowest BCUT2D eigenvalue weighted by Gasteiger charge is -2.16. The summed E-state index contributed by atoms with van der Waals surface area (Å²) < 4.78 is 7.81. The first-order chi connectivity index (χ1) is 12.0. The number of rotatable bonds is 6. The summed E-state index contributed by atoms with van der Waals surface area (Å²) in [5.41, 5.74) is 3.37. The molecule has 0 spiro atoms. The SMILES string of the molecule is Cc1cc(C)n(CC(C)CNC(=O)NCC2Cc3ccccc3O2)n1. The first kappa shape index (κ1) is 17.3. The van der Waals surface area contributed by atoms with Gasteiger partial charge in [-0.05, 0) is 37.5 Å². The van der Waals surface area contributed by atoms with Crippen LogP contribution in [0.4, 0.5) is 4.79 Å². The minimum Gasteiger partial charge on any atom is -0.488 e. The van der Waals surface area contributed by atoms with Crippen LogP contribution in [-0.4, -0.2) is 35.0 Å². The van der Waals surface area contributed by atoms with E-state index in [1.165, 1.54) is 5.56 Å². The van der Waals surface area contributed by atoms with Gasteiger partial charge in [0.1, 0.15) is 11.9 Å². The Morgan fingerprint density at radius 3 is 2.88 bits per heavy atom. The van der Waals surface area contributed by atoms with Gasteiger partial charge in [0.05, 0.1) is 12.2 Å². The van der Waals surface area contributed by atoms with E-state index >= 15 is 0 Å². The van der Waals surface area contributed by atoms with Crippen LogP contribution in [0.1, 0.15) is 23.9 Å². The number of carbonyl (C=O) groups is 1. The van der Waals surface area contributed by atoms with E-state index in [9.17, 15) is 4.79 Å². The third-order valence-electron chi connectivity index (χ3n) is 4.40. The molecule has 2 atom stereocenters. The second-order valence-corrected chi connectivity index (χ2v) is 6.86. The van der Waals surface area contributed by atoms with E-state index in [0.29, 0.717) is 19.0 Å². The fraction of sp³-hybridized carbons (Fsp3) is 0.474. The molecule has 2 heterocycles. The number of ether oxygens (including phenoxy) is 1. The fourth-order valence-corrected chi connectivity index (χ4v) is 3.12. The van der Waals surface area contributed by atoms with Crippen LogP contribution in [0.3, 0.4) is 0 Å². The number of aromatic nitrogens is 2. The molecule has 0 aliphatic carbocycles. The van der Waals surface area contributed by atoms with Crippen molar-refractivity contribution in [1.29, 1.82) is 0 Å². The lowest BCUT2D eigenvalue weighted by molar-refractivity contribution is 0.213. The highest BCUT2D eigenvalue weighted by Gasteiger charge is 2.22. The molecule has 6 heteroatoms. The van der Waals surface area contributed by atoms with E-state index in [1.807, 2.05) is 36.7 Å². The van der Waals surface area contributed by atoms with E-state index < -0.39 is 0 Å². The second kappa shape index (κ2) is 7.59. The maximum Gasteiger partial charge on any atom is 0.314 e. The van der Waals surface area contributed by atoms with Crippen molar-refractivity contribution >= 4 is 6.03 Å². The van der Waals surface area contributed by atoms with Crippen molar-refractivity contribution in [3.05, 3.63) is 47.3 Å². The van der Waals surface area contributed by atoms with Gasteiger partial charge in [-0.25, -0.2) is 4.79 Å². The number of benzene rings is 1. The van der Waals surface area contributed by atoms with Gasteiger partial charge < -0.3 is 15.4 Å². The van der Waals surface area contributed by atoms with Gasteiger partial charge in [0.15, 0.2) is 0 Å². The van der Waals surface area contributed by atoms with Crippen LogP contribution in [0.2, 0.25) is 0 Å². The van der Waals surface area contributed by atoms with Crippen LogP contribution in [-0.2, 0) is 13.0 Å². The van der Waals surface area contributed by atoms with E-state index in [1.54, 1.807) is 0 Å². The monoisotopic (exact) mass is 342 g/mol. The predicted octanol–water partition coefficient (Wildman–Crippen LogP) is 2.44. The van der Waals surface area contributed by atoms with Gasteiger partial charge in [-0.15, -0.1) is 0 Å². The molecule has 134 valence electrons. The molecule has 2 N–H and O–H groups in total. The molecule has 1 aliphatic heterocycles. The summed E-state index contributed by atoms with van der Waals surface area (Å²) in [6.07, 6.45) is 0.848. The largest absolute Gasteiger partial charge is 0.488 e. The standard InChI is InChI=1S/C19H26N4O2/c1-13(12-23-15(3)8-14(2)22-23)10-20-19(24)21-11-17-9-16-6-4-5-7-18(16)25-17/h4-8,13,17H,9-12H2,1-3H3,(H2,20,21,24). The number of hydrogen-bond acceptors (Lipinski definition) is 3. The van der Waals surface area contributed by atoms with Crippen LogP contribution in [0.15, 0.2) is 30.3 Å². The predicted molar refractivity (Wildman–Crippen MR) is 96.8 cm³/mol. The summed E-state index contributed by atoms with van der Waals surface area (Å²) in [6.45, 7) is 8.05. The van der Waals surface area contributed by atoms with Gasteiger partial charge in [0, 0.05) is 25.2 Å². The molecule has 6 nitrogen and oxygen atoms in total. The molecular weight excluding hydrogens is 316 g/mol. The number of nitrogens with one attached hydrogen (secondary N) is 2. The number of urea groups is 1. The highest BCUT2D eigenvalue weighted by molar-refractivity contribution is 5.73. The highest BCUT2D eigenvalue weighted by atomic mass is 16.5. The van der Waals surface area contributed by atoms with Crippen LogP contribution < -0.4 is 15.4 Å².